The lowest BCUT2D eigenvalue weighted by Gasteiger charge is -2.13. The fourth-order valence-corrected chi connectivity index (χ4v) is 2.44. The van der Waals surface area contributed by atoms with Crippen molar-refractivity contribution >= 4 is 23.8 Å². The summed E-state index contributed by atoms with van der Waals surface area (Å²) in [6.45, 7) is 1.80. The number of carbonyl (C=O) groups excluding carboxylic acids is 3. The maximum atomic E-state index is 12.1. The molecular weight excluding hydrogens is 406 g/mol. The summed E-state index contributed by atoms with van der Waals surface area (Å²) in [4.78, 5) is 50.9. The second-order valence-corrected chi connectivity index (χ2v) is 6.39. The molecule has 0 aliphatic carbocycles. The minimum atomic E-state index is -0.924. The highest BCUT2D eigenvalue weighted by Gasteiger charge is 2.15. The van der Waals surface area contributed by atoms with Gasteiger partial charge >= 0.3 is 17.8 Å². The highest BCUT2D eigenvalue weighted by Crippen LogP contribution is 2.04. The molecule has 0 unspecified atom stereocenters. The highest BCUT2D eigenvalue weighted by molar-refractivity contribution is 5.85. The van der Waals surface area contributed by atoms with Gasteiger partial charge in [-0.15, -0.1) is 0 Å². The van der Waals surface area contributed by atoms with E-state index < -0.39 is 29.7 Å². The zero-order valence-electron chi connectivity index (χ0n) is 17.1. The van der Waals surface area contributed by atoms with Gasteiger partial charge in [0.05, 0.1) is 12.6 Å². The summed E-state index contributed by atoms with van der Waals surface area (Å²) in [5, 5.41) is 4.75. The van der Waals surface area contributed by atoms with E-state index >= 15 is 0 Å². The molecule has 2 amide bonds. The zero-order chi connectivity index (χ0) is 22.6. The van der Waals surface area contributed by atoms with Crippen molar-refractivity contribution in [3.05, 3.63) is 58.6 Å². The fourth-order valence-electron chi connectivity index (χ4n) is 2.44. The second-order valence-electron chi connectivity index (χ2n) is 6.39. The monoisotopic (exact) mass is 431 g/mol. The molecule has 31 heavy (non-hydrogen) atoms. The van der Waals surface area contributed by atoms with Crippen LogP contribution in [0.4, 0.5) is 10.6 Å². The van der Waals surface area contributed by atoms with Crippen LogP contribution in [-0.2, 0) is 32.2 Å². The molecule has 166 valence electrons. The number of hydrogen-bond acceptors (Lipinski definition) is 8. The summed E-state index contributed by atoms with van der Waals surface area (Å²) in [5.41, 5.74) is 5.98. The molecule has 0 aliphatic heterocycles. The SMILES string of the molecule is CCOC(=O)CNC(=O)[C@@H](N)CCn1ccc(NC(=O)OCc2ccccc2)nc1=O. The van der Waals surface area contributed by atoms with Crippen molar-refractivity contribution in [3.63, 3.8) is 0 Å². The van der Waals surface area contributed by atoms with Gasteiger partial charge in [0.15, 0.2) is 0 Å². The number of amides is 2. The van der Waals surface area contributed by atoms with Gasteiger partial charge < -0.3 is 20.5 Å². The molecule has 1 aromatic carbocycles. The first-order chi connectivity index (χ1) is 14.9. The van der Waals surface area contributed by atoms with Crippen LogP contribution in [0, 0.1) is 0 Å². The van der Waals surface area contributed by atoms with Crippen molar-refractivity contribution in [1.82, 2.24) is 14.9 Å². The molecule has 11 nitrogen and oxygen atoms in total. The lowest BCUT2D eigenvalue weighted by atomic mass is 10.2. The predicted molar refractivity (Wildman–Crippen MR) is 111 cm³/mol. The Bertz CT molecular complexity index is 947. The van der Waals surface area contributed by atoms with Gasteiger partial charge in [-0.05, 0) is 25.0 Å². The molecule has 0 fully saturated rings. The molecule has 1 aromatic heterocycles. The van der Waals surface area contributed by atoms with Crippen LogP contribution in [0.1, 0.15) is 18.9 Å². The average molecular weight is 431 g/mol. The lowest BCUT2D eigenvalue weighted by molar-refractivity contribution is -0.143. The van der Waals surface area contributed by atoms with Crippen LogP contribution in [0.5, 0.6) is 0 Å². The topological polar surface area (TPSA) is 155 Å². The Morgan fingerprint density at radius 1 is 1.16 bits per heavy atom. The molecule has 11 heteroatoms. The number of esters is 1. The van der Waals surface area contributed by atoms with Crippen LogP contribution in [-0.4, -0.2) is 46.7 Å². The molecular formula is C20H25N5O6. The number of carbonyl (C=O) groups is 3. The van der Waals surface area contributed by atoms with Gasteiger partial charge in [-0.3, -0.25) is 19.5 Å². The third kappa shape index (κ3) is 8.26. The number of anilines is 1. The maximum Gasteiger partial charge on any atom is 0.413 e. The van der Waals surface area contributed by atoms with Gasteiger partial charge in [-0.1, -0.05) is 30.3 Å². The molecule has 0 spiro atoms. The van der Waals surface area contributed by atoms with E-state index in [2.05, 4.69) is 15.6 Å². The fraction of sp³-hybridized carbons (Fsp3) is 0.350. The second kappa shape index (κ2) is 12.1. The molecule has 0 saturated heterocycles. The molecule has 1 heterocycles. The Morgan fingerprint density at radius 2 is 1.90 bits per heavy atom. The molecule has 1 atom stereocenters. The molecule has 2 aromatic rings. The van der Waals surface area contributed by atoms with Gasteiger partial charge in [-0.25, -0.2) is 9.59 Å². The zero-order valence-corrected chi connectivity index (χ0v) is 17.1. The van der Waals surface area contributed by atoms with E-state index in [-0.39, 0.29) is 38.5 Å². The number of ether oxygens (including phenoxy) is 2. The Balaban J connectivity index is 1.79. The first kappa shape index (κ1) is 23.5. The highest BCUT2D eigenvalue weighted by atomic mass is 16.5. The van der Waals surface area contributed by atoms with E-state index in [1.807, 2.05) is 30.3 Å². The van der Waals surface area contributed by atoms with Crippen molar-refractivity contribution in [2.45, 2.75) is 32.5 Å². The van der Waals surface area contributed by atoms with Crippen molar-refractivity contribution < 1.29 is 23.9 Å². The lowest BCUT2D eigenvalue weighted by Crippen LogP contribution is -2.43. The quantitative estimate of drug-likeness (QED) is 0.456. The van der Waals surface area contributed by atoms with Crippen LogP contribution < -0.4 is 22.1 Å². The van der Waals surface area contributed by atoms with E-state index in [4.69, 9.17) is 15.2 Å². The third-order valence-corrected chi connectivity index (χ3v) is 4.05. The van der Waals surface area contributed by atoms with Crippen molar-refractivity contribution in [2.24, 2.45) is 5.73 Å². The van der Waals surface area contributed by atoms with E-state index in [0.29, 0.717) is 0 Å². The normalized spacial score (nSPS) is 11.3. The number of nitrogens with zero attached hydrogens (tertiary/aromatic N) is 2. The summed E-state index contributed by atoms with van der Waals surface area (Å²) in [6.07, 6.45) is 0.821. The van der Waals surface area contributed by atoms with Crippen LogP contribution >= 0.6 is 0 Å². The van der Waals surface area contributed by atoms with E-state index in [1.54, 1.807) is 6.92 Å². The van der Waals surface area contributed by atoms with Gasteiger partial charge in [0.1, 0.15) is 19.0 Å². The molecule has 2 rings (SSSR count). The van der Waals surface area contributed by atoms with Gasteiger partial charge in [0.2, 0.25) is 5.91 Å². The Morgan fingerprint density at radius 3 is 2.58 bits per heavy atom. The smallest absolute Gasteiger partial charge is 0.413 e. The summed E-state index contributed by atoms with van der Waals surface area (Å²) in [5.74, 6) is -1.06. The number of nitrogens with one attached hydrogen (secondary N) is 2. The molecule has 0 bridgehead atoms. The third-order valence-electron chi connectivity index (χ3n) is 4.05. The van der Waals surface area contributed by atoms with Gasteiger partial charge in [0.25, 0.3) is 0 Å². The maximum absolute atomic E-state index is 12.1. The van der Waals surface area contributed by atoms with Crippen LogP contribution in [0.15, 0.2) is 47.4 Å². The van der Waals surface area contributed by atoms with Crippen LogP contribution in [0.25, 0.3) is 0 Å². The first-order valence-electron chi connectivity index (χ1n) is 9.63. The predicted octanol–water partition coefficient (Wildman–Crippen LogP) is 0.389. The number of rotatable bonds is 10. The molecule has 0 saturated carbocycles. The number of benzene rings is 1. The molecule has 0 aliphatic rings. The van der Waals surface area contributed by atoms with Crippen molar-refractivity contribution in [2.75, 3.05) is 18.5 Å². The minimum absolute atomic E-state index is 0.0378. The van der Waals surface area contributed by atoms with Crippen molar-refractivity contribution in [3.8, 4) is 0 Å². The largest absolute Gasteiger partial charge is 0.465 e. The Hall–Kier alpha value is -3.73. The van der Waals surface area contributed by atoms with E-state index in [9.17, 15) is 19.2 Å². The Kier molecular flexibility index (Phi) is 9.17. The number of aromatic nitrogens is 2. The summed E-state index contributed by atoms with van der Waals surface area (Å²) in [6, 6.07) is 9.64. The number of hydrogen-bond donors (Lipinski definition) is 3. The van der Waals surface area contributed by atoms with Gasteiger partial charge in [0, 0.05) is 12.7 Å². The van der Waals surface area contributed by atoms with Crippen LogP contribution in [0.3, 0.4) is 0 Å². The summed E-state index contributed by atoms with van der Waals surface area (Å²) in [7, 11) is 0. The van der Waals surface area contributed by atoms with E-state index in [1.165, 1.54) is 16.8 Å². The minimum Gasteiger partial charge on any atom is -0.465 e. The number of aryl methyl sites for hydroxylation is 1. The summed E-state index contributed by atoms with van der Waals surface area (Å²) < 4.78 is 11.0. The standard InChI is InChI=1S/C20H25N5O6/c1-2-30-17(26)12-22-18(27)15(21)8-10-25-11-9-16(23-19(25)28)24-20(29)31-13-14-6-4-3-5-7-14/h3-7,9,11,15H,2,8,10,12-13,21H2,1H3,(H,22,27)(H,23,24,28,29)/t15-/m0/s1. The number of nitrogens with two attached hydrogens (primary N) is 1. The van der Waals surface area contributed by atoms with Crippen molar-refractivity contribution in [1.29, 1.82) is 0 Å². The van der Waals surface area contributed by atoms with E-state index in [0.717, 1.165) is 5.56 Å². The van der Waals surface area contributed by atoms with Gasteiger partial charge in [-0.2, -0.15) is 4.98 Å². The molecule has 0 radical (unpaired) electrons. The molecule has 4 N–H and O–H groups in total. The summed E-state index contributed by atoms with van der Waals surface area (Å²) >= 11 is 0. The first-order valence-corrected chi connectivity index (χ1v) is 9.63. The average Bonchev–Trinajstić information content (AvgIpc) is 2.76. The Labute approximate surface area is 178 Å². The van der Waals surface area contributed by atoms with Crippen LogP contribution in [0.2, 0.25) is 0 Å².